The van der Waals surface area contributed by atoms with Gasteiger partial charge in [-0.05, 0) is 108 Å². The quantitative estimate of drug-likeness (QED) is 0.0637. The zero-order chi connectivity index (χ0) is 55.6. The molecule has 0 aliphatic carbocycles. The van der Waals surface area contributed by atoms with Gasteiger partial charge < -0.3 is 25.7 Å². The second kappa shape index (κ2) is 25.1. The molecule has 2 aromatic rings. The van der Waals surface area contributed by atoms with Gasteiger partial charge in [0.1, 0.15) is 12.6 Å². The first-order valence-corrected chi connectivity index (χ1v) is 30.1. The van der Waals surface area contributed by atoms with E-state index in [0.717, 1.165) is 11.4 Å². The van der Waals surface area contributed by atoms with E-state index in [0.29, 0.717) is 105 Å². The minimum absolute atomic E-state index is 0.00879. The second-order valence-corrected chi connectivity index (χ2v) is 24.7. The molecule has 4 heterocycles. The van der Waals surface area contributed by atoms with Crippen LogP contribution in [0.2, 0.25) is 0 Å². The summed E-state index contributed by atoms with van der Waals surface area (Å²) >= 11 is 0. The molecule has 76 heavy (non-hydrogen) atoms. The number of amides is 5. The Morgan fingerprint density at radius 3 is 2.07 bits per heavy atom. The Labute approximate surface area is 444 Å². The van der Waals surface area contributed by atoms with Gasteiger partial charge in [-0.15, -0.1) is 5.06 Å². The van der Waals surface area contributed by atoms with Crippen molar-refractivity contribution in [3.63, 3.8) is 0 Å². The molecule has 6 N–H and O–H groups in total. The minimum atomic E-state index is -4.68. The van der Waals surface area contributed by atoms with Crippen LogP contribution in [0.3, 0.4) is 0 Å². The third-order valence-electron chi connectivity index (χ3n) is 14.3. The number of anilines is 1. The maximum absolute atomic E-state index is 13.5. The Morgan fingerprint density at radius 2 is 1.39 bits per heavy atom. The van der Waals surface area contributed by atoms with Gasteiger partial charge in [-0.3, -0.25) is 37.6 Å². The number of carbonyl (C=O) groups excluding carboxylic acids is 6. The molecule has 0 radical (unpaired) electrons. The number of unbranched alkanes of at least 4 members (excludes halogenated alkanes) is 2. The van der Waals surface area contributed by atoms with Gasteiger partial charge in [-0.1, -0.05) is 31.8 Å². The highest BCUT2D eigenvalue weighted by Crippen LogP contribution is 2.52. The van der Waals surface area contributed by atoms with Gasteiger partial charge in [0.15, 0.2) is 5.71 Å². The highest BCUT2D eigenvalue weighted by molar-refractivity contribution is 7.86. The summed E-state index contributed by atoms with van der Waals surface area (Å²) in [5.41, 5.74) is 2.12. The summed E-state index contributed by atoms with van der Waals surface area (Å²) in [5, 5.41) is 8.80. The van der Waals surface area contributed by atoms with Crippen molar-refractivity contribution >= 4 is 82.9 Å². The predicted octanol–water partition coefficient (Wildman–Crippen LogP) is 4.85. The maximum Gasteiger partial charge on any atom is 0.333 e. The summed E-state index contributed by atoms with van der Waals surface area (Å²) in [5.74, 6) is -3.74. The van der Waals surface area contributed by atoms with E-state index in [9.17, 15) is 67.7 Å². The first kappa shape index (κ1) is 59.4. The van der Waals surface area contributed by atoms with E-state index in [1.807, 2.05) is 43.9 Å². The largest absolute Gasteiger partial charge is 0.354 e. The van der Waals surface area contributed by atoms with Gasteiger partial charge in [-0.2, -0.15) is 29.8 Å². The molecule has 0 aromatic heterocycles. The van der Waals surface area contributed by atoms with Crippen molar-refractivity contribution in [2.24, 2.45) is 0 Å². The fourth-order valence-corrected chi connectivity index (χ4v) is 11.7. The molecule has 1 fully saturated rings. The molecule has 4 aliphatic heterocycles. The van der Waals surface area contributed by atoms with Crippen LogP contribution < -0.4 is 20.9 Å². The number of allylic oxidation sites excluding steroid dienone is 4. The molecule has 0 spiro atoms. The number of fused-ring (bicyclic) bond motifs is 5. The lowest BCUT2D eigenvalue weighted by atomic mass is 9.77. The third-order valence-corrected chi connectivity index (χ3v) is 16.8. The first-order valence-electron chi connectivity index (χ1n) is 25.6. The van der Waals surface area contributed by atoms with E-state index in [4.69, 9.17) is 4.84 Å². The topological polar surface area (TPSA) is 320 Å². The van der Waals surface area contributed by atoms with Crippen molar-refractivity contribution in [2.45, 2.75) is 157 Å². The zero-order valence-electron chi connectivity index (χ0n) is 43.0. The van der Waals surface area contributed by atoms with Crippen molar-refractivity contribution in [1.29, 1.82) is 0 Å². The van der Waals surface area contributed by atoms with Crippen molar-refractivity contribution in [3.8, 4) is 0 Å². The number of nitrogens with one attached hydrogen (secondary N) is 3. The van der Waals surface area contributed by atoms with Crippen LogP contribution in [0.1, 0.15) is 141 Å². The molecule has 0 bridgehead atoms. The summed E-state index contributed by atoms with van der Waals surface area (Å²) in [6.45, 7) is 6.33. The van der Waals surface area contributed by atoms with Gasteiger partial charge in [-0.25, -0.2) is 4.79 Å². The molecule has 25 heteroatoms. The van der Waals surface area contributed by atoms with E-state index in [2.05, 4.69) is 20.5 Å². The number of hydrogen-bond donors (Lipinski definition) is 6. The summed E-state index contributed by atoms with van der Waals surface area (Å²) < 4.78 is 105. The Morgan fingerprint density at radius 1 is 0.763 bits per heavy atom. The number of benzene rings is 2. The van der Waals surface area contributed by atoms with E-state index >= 15 is 0 Å². The zero-order valence-corrected chi connectivity index (χ0v) is 45.5. The number of hydroxylamine groups is 2. The average molecular weight is 1120 g/mol. The van der Waals surface area contributed by atoms with Gasteiger partial charge in [0, 0.05) is 92.7 Å². The van der Waals surface area contributed by atoms with Crippen LogP contribution >= 0.6 is 0 Å². The number of carbonyl (C=O) groups is 6. The number of hydrogen-bond acceptors (Lipinski definition) is 14. The molecular weight excluding hydrogens is 1050 g/mol. The molecule has 0 saturated carbocycles. The summed E-state index contributed by atoms with van der Waals surface area (Å²) in [6, 6.07) is 7.49. The van der Waals surface area contributed by atoms with Gasteiger partial charge >= 0.3 is 5.97 Å². The number of nitrogens with zero attached hydrogens (tertiary/aromatic N) is 3. The van der Waals surface area contributed by atoms with Gasteiger partial charge in [0.25, 0.3) is 42.2 Å². The van der Waals surface area contributed by atoms with E-state index in [1.54, 1.807) is 6.07 Å². The Kier molecular flexibility index (Phi) is 19.6. The fraction of sp³-hybridized carbons (Fsp3) is 0.549. The molecule has 416 valence electrons. The van der Waals surface area contributed by atoms with E-state index in [1.165, 1.54) is 30.3 Å². The van der Waals surface area contributed by atoms with Gasteiger partial charge in [0.2, 0.25) is 23.4 Å². The Balaban J connectivity index is 1.24. The molecule has 22 nitrogen and oxygen atoms in total. The van der Waals surface area contributed by atoms with Crippen molar-refractivity contribution in [1.82, 2.24) is 21.0 Å². The molecule has 6 rings (SSSR count). The summed E-state index contributed by atoms with van der Waals surface area (Å²) in [4.78, 5) is 81.9. The molecule has 4 aliphatic rings. The summed E-state index contributed by atoms with van der Waals surface area (Å²) in [6.07, 6.45) is 11.1. The van der Waals surface area contributed by atoms with Gasteiger partial charge in [0.05, 0.1) is 21.0 Å². The van der Waals surface area contributed by atoms with Crippen LogP contribution in [-0.4, -0.2) is 128 Å². The lowest BCUT2D eigenvalue weighted by Gasteiger charge is -2.30. The SMILES string of the molecule is CC1(C)C2=[N+](CCCCCCC(=O)NCC(C(=O)NCCCCCC(=O)ON3C(=O)CCC3=O)NC(=O)CCCCCC3(C)/C(=C/C=C/2)N(CCCS(=O)(=O)O)c2ccc(S(=O)(=O)O)cc23)c2ccc(S(=O)(=O)O)cc21. The standard InChI is InChI=1S/C51H68N6O16S3/c1-50(2)37-32-35(75(67,68)69)21-23-40(37)55-29-13-5-4-8-18-44(58)53-34-39(49(63)52-28-12-7-10-20-48(62)73-57-46(60)25-26-47(57)61)54-45(59)19-9-6-11-27-51(3)38-33-36(76(70,71)72)22-24-41(38)56(30-15-31-74(64,65)66)43(51)17-14-16-42(50)55/h14,16-17,21-24,32-33,39H,4-13,15,18-20,25-31,34H2,1-3H3,(H5-,52,53,54,58,59,63,64,65,66,67,68,69,70,71,72)/p+1. The van der Waals surface area contributed by atoms with Crippen LogP contribution in [0.4, 0.5) is 11.4 Å². The lowest BCUT2D eigenvalue weighted by molar-refractivity contribution is -0.438. The predicted molar refractivity (Wildman–Crippen MR) is 278 cm³/mol. The molecule has 2 unspecified atom stereocenters. The third kappa shape index (κ3) is 15.2. The molecule has 2 atom stereocenters. The average Bonchev–Trinajstić information content (AvgIpc) is 3.87. The van der Waals surface area contributed by atoms with E-state index in [-0.39, 0.29) is 73.9 Å². The normalized spacial score (nSPS) is 22.5. The Hall–Kier alpha value is -5.86. The highest BCUT2D eigenvalue weighted by atomic mass is 32.2. The Bertz CT molecular complexity index is 3010. The van der Waals surface area contributed by atoms with Crippen LogP contribution in [0, 0.1) is 0 Å². The van der Waals surface area contributed by atoms with Crippen LogP contribution in [0.5, 0.6) is 0 Å². The number of rotatable bonds is 14. The van der Waals surface area contributed by atoms with Crippen molar-refractivity contribution in [2.75, 3.05) is 36.8 Å². The van der Waals surface area contributed by atoms with Crippen molar-refractivity contribution < 1.29 is 77.1 Å². The highest BCUT2D eigenvalue weighted by Gasteiger charge is 2.46. The van der Waals surface area contributed by atoms with Crippen LogP contribution in [-0.2, 0) is 74.8 Å². The number of imide groups is 1. The molecule has 5 amide bonds. The van der Waals surface area contributed by atoms with Crippen LogP contribution in [0.25, 0.3) is 0 Å². The second-order valence-electron chi connectivity index (χ2n) is 20.3. The van der Waals surface area contributed by atoms with Crippen LogP contribution in [0.15, 0.2) is 70.1 Å². The minimum Gasteiger partial charge on any atom is -0.354 e. The monoisotopic (exact) mass is 1120 g/mol. The fourth-order valence-electron chi connectivity index (χ4n) is 10.2. The summed E-state index contributed by atoms with van der Waals surface area (Å²) in [7, 11) is -13.6. The molecule has 2 aromatic carbocycles. The lowest BCUT2D eigenvalue weighted by Crippen LogP contribution is -2.52. The smallest absolute Gasteiger partial charge is 0.333 e. The molecular formula is C51H69N6O16S3+. The van der Waals surface area contributed by atoms with Crippen molar-refractivity contribution in [3.05, 3.63) is 71.5 Å². The first-order chi connectivity index (χ1) is 35.7. The maximum atomic E-state index is 13.5. The van der Waals surface area contributed by atoms with E-state index < -0.39 is 82.6 Å². The molecule has 1 saturated heterocycles.